The van der Waals surface area contributed by atoms with Gasteiger partial charge in [-0.05, 0) is 48.7 Å². The number of hydrogen-bond acceptors (Lipinski definition) is 1. The number of aromatic nitrogens is 2. The lowest BCUT2D eigenvalue weighted by atomic mass is 9.81. The molecule has 0 radical (unpaired) electrons. The van der Waals surface area contributed by atoms with Gasteiger partial charge in [-0.2, -0.15) is 5.10 Å². The van der Waals surface area contributed by atoms with E-state index in [1.54, 1.807) is 0 Å². The highest BCUT2D eigenvalue weighted by Gasteiger charge is 2.23. The molecule has 2 heteroatoms. The SMILES string of the molecule is CCC1CCC(Cn2cc(C(C3=CCCC=C3)c3ccccc3)cn2)CC1. The van der Waals surface area contributed by atoms with Gasteiger partial charge in [0.2, 0.25) is 0 Å². The van der Waals surface area contributed by atoms with Crippen molar-refractivity contribution in [1.29, 1.82) is 0 Å². The summed E-state index contributed by atoms with van der Waals surface area (Å²) in [6.07, 6.45) is 20.6. The second-order valence-electron chi connectivity index (χ2n) is 8.32. The van der Waals surface area contributed by atoms with Crippen LogP contribution in [0.5, 0.6) is 0 Å². The van der Waals surface area contributed by atoms with Crippen molar-refractivity contribution in [2.45, 2.75) is 64.3 Å². The van der Waals surface area contributed by atoms with E-state index in [4.69, 9.17) is 5.10 Å². The Morgan fingerprint density at radius 3 is 2.48 bits per heavy atom. The maximum absolute atomic E-state index is 4.76. The molecule has 0 bridgehead atoms. The molecule has 4 rings (SSSR count). The van der Waals surface area contributed by atoms with Crippen molar-refractivity contribution in [1.82, 2.24) is 9.78 Å². The van der Waals surface area contributed by atoms with Crippen molar-refractivity contribution in [2.24, 2.45) is 11.8 Å². The molecule has 0 aliphatic heterocycles. The lowest BCUT2D eigenvalue weighted by Gasteiger charge is -2.27. The summed E-state index contributed by atoms with van der Waals surface area (Å²) in [4.78, 5) is 0. The van der Waals surface area contributed by atoms with Crippen molar-refractivity contribution >= 4 is 0 Å². The summed E-state index contributed by atoms with van der Waals surface area (Å²) in [5.41, 5.74) is 4.09. The zero-order chi connectivity index (χ0) is 18.5. The lowest BCUT2D eigenvalue weighted by Crippen LogP contribution is -2.19. The van der Waals surface area contributed by atoms with Gasteiger partial charge < -0.3 is 0 Å². The van der Waals surface area contributed by atoms with Crippen molar-refractivity contribution < 1.29 is 0 Å². The zero-order valence-electron chi connectivity index (χ0n) is 16.6. The highest BCUT2D eigenvalue weighted by Crippen LogP contribution is 2.35. The van der Waals surface area contributed by atoms with E-state index in [-0.39, 0.29) is 0 Å². The Morgan fingerprint density at radius 1 is 1.00 bits per heavy atom. The van der Waals surface area contributed by atoms with Gasteiger partial charge in [-0.1, -0.05) is 74.7 Å². The Hall–Kier alpha value is -2.09. The summed E-state index contributed by atoms with van der Waals surface area (Å²) in [5, 5.41) is 4.76. The van der Waals surface area contributed by atoms with Crippen LogP contribution in [0, 0.1) is 11.8 Å². The molecule has 2 aromatic rings. The molecule has 0 amide bonds. The molecule has 1 aromatic carbocycles. The molecular weight excluding hydrogens is 328 g/mol. The Kier molecular flexibility index (Phi) is 5.91. The van der Waals surface area contributed by atoms with E-state index in [0.29, 0.717) is 5.92 Å². The molecule has 1 unspecified atom stereocenters. The van der Waals surface area contributed by atoms with E-state index >= 15 is 0 Å². The van der Waals surface area contributed by atoms with Gasteiger partial charge in [-0.3, -0.25) is 4.68 Å². The van der Waals surface area contributed by atoms with Crippen LogP contribution in [-0.2, 0) is 6.54 Å². The molecule has 0 spiro atoms. The highest BCUT2D eigenvalue weighted by molar-refractivity contribution is 5.44. The molecular formula is C25H32N2. The minimum Gasteiger partial charge on any atom is -0.272 e. The van der Waals surface area contributed by atoms with E-state index in [2.05, 4.69) is 72.6 Å². The van der Waals surface area contributed by atoms with Crippen LogP contribution in [0.3, 0.4) is 0 Å². The van der Waals surface area contributed by atoms with Gasteiger partial charge in [-0.15, -0.1) is 0 Å². The number of nitrogens with zero attached hydrogens (tertiary/aromatic N) is 2. The summed E-state index contributed by atoms with van der Waals surface area (Å²) in [6.45, 7) is 3.41. The molecule has 2 aliphatic rings. The molecule has 27 heavy (non-hydrogen) atoms. The van der Waals surface area contributed by atoms with E-state index < -0.39 is 0 Å². The van der Waals surface area contributed by atoms with E-state index in [1.165, 1.54) is 48.8 Å². The van der Waals surface area contributed by atoms with Gasteiger partial charge in [0, 0.05) is 24.2 Å². The van der Waals surface area contributed by atoms with Crippen LogP contribution in [0.1, 0.15) is 68.9 Å². The quantitative estimate of drug-likeness (QED) is 0.574. The minimum atomic E-state index is 0.298. The predicted octanol–water partition coefficient (Wildman–Crippen LogP) is 6.51. The normalized spacial score (nSPS) is 23.8. The fourth-order valence-electron chi connectivity index (χ4n) is 4.79. The first-order chi connectivity index (χ1) is 13.3. The van der Waals surface area contributed by atoms with Crippen molar-refractivity contribution in [2.75, 3.05) is 0 Å². The average Bonchev–Trinajstić information content (AvgIpc) is 3.18. The Morgan fingerprint density at radius 2 is 1.78 bits per heavy atom. The standard InChI is InChI=1S/C25H32N2/c1-2-20-13-15-21(16-14-20)18-27-19-24(17-26-27)25(22-9-5-3-6-10-22)23-11-7-4-8-12-23/h3,5-7,9-12,17,19-21,25H,2,4,8,13-16,18H2,1H3. The molecule has 1 heterocycles. The second kappa shape index (κ2) is 8.73. The fraction of sp³-hybridized carbons (Fsp3) is 0.480. The van der Waals surface area contributed by atoms with E-state index in [0.717, 1.165) is 31.2 Å². The largest absolute Gasteiger partial charge is 0.272 e. The Balaban J connectivity index is 1.52. The van der Waals surface area contributed by atoms with Gasteiger partial charge in [0.05, 0.1) is 6.20 Å². The van der Waals surface area contributed by atoms with Gasteiger partial charge in [0.1, 0.15) is 0 Å². The van der Waals surface area contributed by atoms with Crippen LogP contribution in [0.4, 0.5) is 0 Å². The molecule has 1 aromatic heterocycles. The average molecular weight is 361 g/mol. The minimum absolute atomic E-state index is 0.298. The fourth-order valence-corrected chi connectivity index (χ4v) is 4.79. The predicted molar refractivity (Wildman–Crippen MR) is 113 cm³/mol. The van der Waals surface area contributed by atoms with Crippen molar-refractivity contribution in [3.05, 3.63) is 77.7 Å². The molecule has 142 valence electrons. The maximum atomic E-state index is 4.76. The van der Waals surface area contributed by atoms with Crippen LogP contribution >= 0.6 is 0 Å². The third kappa shape index (κ3) is 4.43. The first kappa shape index (κ1) is 18.3. The zero-order valence-corrected chi connectivity index (χ0v) is 16.6. The summed E-state index contributed by atoms with van der Waals surface area (Å²) in [7, 11) is 0. The summed E-state index contributed by atoms with van der Waals surface area (Å²) < 4.78 is 2.20. The van der Waals surface area contributed by atoms with Gasteiger partial charge >= 0.3 is 0 Å². The lowest BCUT2D eigenvalue weighted by molar-refractivity contribution is 0.242. The smallest absolute Gasteiger partial charge is 0.0531 e. The number of allylic oxidation sites excluding steroid dienone is 4. The molecule has 0 saturated heterocycles. The molecule has 0 N–H and O–H groups in total. The van der Waals surface area contributed by atoms with Gasteiger partial charge in [0.15, 0.2) is 0 Å². The van der Waals surface area contributed by atoms with Crippen molar-refractivity contribution in [3.8, 4) is 0 Å². The highest BCUT2D eigenvalue weighted by atomic mass is 15.3. The molecule has 1 atom stereocenters. The van der Waals surface area contributed by atoms with Crippen molar-refractivity contribution in [3.63, 3.8) is 0 Å². The third-order valence-electron chi connectivity index (χ3n) is 6.47. The van der Waals surface area contributed by atoms with Crippen LogP contribution in [-0.4, -0.2) is 9.78 Å². The Labute approximate surface area is 164 Å². The first-order valence-electron chi connectivity index (χ1n) is 10.8. The van der Waals surface area contributed by atoms with Crippen LogP contribution < -0.4 is 0 Å². The van der Waals surface area contributed by atoms with Gasteiger partial charge in [0.25, 0.3) is 0 Å². The van der Waals surface area contributed by atoms with Gasteiger partial charge in [-0.25, -0.2) is 0 Å². The van der Waals surface area contributed by atoms with E-state index in [9.17, 15) is 0 Å². The van der Waals surface area contributed by atoms with Crippen LogP contribution in [0.15, 0.2) is 66.5 Å². The Bertz CT molecular complexity index is 776. The summed E-state index contributed by atoms with van der Waals surface area (Å²) in [5.74, 6) is 2.05. The van der Waals surface area contributed by atoms with Crippen LogP contribution in [0.2, 0.25) is 0 Å². The number of benzene rings is 1. The maximum Gasteiger partial charge on any atom is 0.0531 e. The summed E-state index contributed by atoms with van der Waals surface area (Å²) in [6, 6.07) is 10.9. The molecule has 2 nitrogen and oxygen atoms in total. The molecule has 1 saturated carbocycles. The monoisotopic (exact) mass is 360 g/mol. The topological polar surface area (TPSA) is 17.8 Å². The van der Waals surface area contributed by atoms with Crippen LogP contribution in [0.25, 0.3) is 0 Å². The summed E-state index contributed by atoms with van der Waals surface area (Å²) >= 11 is 0. The number of hydrogen-bond donors (Lipinski definition) is 0. The third-order valence-corrected chi connectivity index (χ3v) is 6.47. The molecule has 2 aliphatic carbocycles. The van der Waals surface area contributed by atoms with E-state index in [1.807, 2.05) is 0 Å². The number of rotatable bonds is 6. The second-order valence-corrected chi connectivity index (χ2v) is 8.32. The first-order valence-corrected chi connectivity index (χ1v) is 10.8. The molecule has 1 fully saturated rings.